The van der Waals surface area contributed by atoms with E-state index in [2.05, 4.69) is 82.4 Å². The second kappa shape index (κ2) is 11.5. The van der Waals surface area contributed by atoms with Crippen molar-refractivity contribution in [3.05, 3.63) is 84.1 Å². The van der Waals surface area contributed by atoms with E-state index in [0.717, 1.165) is 26.2 Å². The minimum Gasteiger partial charge on any atom is -0.389 e. The van der Waals surface area contributed by atoms with Crippen molar-refractivity contribution in [2.45, 2.75) is 38.0 Å². The first-order chi connectivity index (χ1) is 15.3. The van der Waals surface area contributed by atoms with Gasteiger partial charge in [-0.3, -0.25) is 0 Å². The average Bonchev–Trinajstić information content (AvgIpc) is 3.35. The summed E-state index contributed by atoms with van der Waals surface area (Å²) in [6.07, 6.45) is 6.43. The first-order valence-corrected chi connectivity index (χ1v) is 12.3. The predicted molar refractivity (Wildman–Crippen MR) is 131 cm³/mol. The fourth-order valence-electron chi connectivity index (χ4n) is 5.20. The SMILES string of the molecule is C=C(NCCCN1CCCC1)C1CCN(CC(c2ccccc2)c2ccccc2)CC1. The molecule has 0 radical (unpaired) electrons. The molecule has 2 fully saturated rings. The molecule has 3 nitrogen and oxygen atoms in total. The Morgan fingerprint density at radius 1 is 0.839 bits per heavy atom. The molecule has 0 saturated carbocycles. The molecule has 166 valence electrons. The summed E-state index contributed by atoms with van der Waals surface area (Å²) in [4.78, 5) is 5.25. The van der Waals surface area contributed by atoms with Gasteiger partial charge in [-0.05, 0) is 76.0 Å². The van der Waals surface area contributed by atoms with Crippen LogP contribution in [0.5, 0.6) is 0 Å². The Morgan fingerprint density at radius 3 is 2.00 bits per heavy atom. The average molecular weight is 418 g/mol. The second-order valence-corrected chi connectivity index (χ2v) is 9.30. The molecule has 2 aromatic carbocycles. The van der Waals surface area contributed by atoms with Gasteiger partial charge in [0.1, 0.15) is 0 Å². The lowest BCUT2D eigenvalue weighted by Gasteiger charge is -2.35. The quantitative estimate of drug-likeness (QED) is 0.541. The van der Waals surface area contributed by atoms with E-state index in [1.165, 1.54) is 68.6 Å². The highest BCUT2D eigenvalue weighted by Crippen LogP contribution is 2.29. The number of rotatable bonds is 10. The molecule has 0 aliphatic carbocycles. The van der Waals surface area contributed by atoms with Crippen LogP contribution in [-0.4, -0.2) is 55.6 Å². The molecule has 2 aliphatic heterocycles. The molecule has 1 N–H and O–H groups in total. The number of piperidine rings is 1. The number of benzene rings is 2. The van der Waals surface area contributed by atoms with E-state index in [1.807, 2.05) is 0 Å². The highest BCUT2D eigenvalue weighted by Gasteiger charge is 2.24. The number of nitrogens with zero attached hydrogens (tertiary/aromatic N) is 2. The maximum atomic E-state index is 4.39. The van der Waals surface area contributed by atoms with E-state index >= 15 is 0 Å². The monoisotopic (exact) mass is 417 g/mol. The van der Waals surface area contributed by atoms with E-state index in [-0.39, 0.29) is 0 Å². The Hall–Kier alpha value is -2.10. The molecule has 2 heterocycles. The van der Waals surface area contributed by atoms with Gasteiger partial charge in [0, 0.05) is 30.6 Å². The van der Waals surface area contributed by atoms with Crippen LogP contribution in [-0.2, 0) is 0 Å². The first-order valence-electron chi connectivity index (χ1n) is 12.3. The van der Waals surface area contributed by atoms with E-state index in [0.29, 0.717) is 11.8 Å². The standard InChI is InChI=1S/C28H39N3/c1-24(29-17-10-20-30-18-8-9-19-30)25-15-21-31(22-16-25)23-28(26-11-4-2-5-12-26)27-13-6-3-7-14-27/h2-7,11-14,25,28-29H,1,8-10,15-23H2. The van der Waals surface area contributed by atoms with Gasteiger partial charge in [0.2, 0.25) is 0 Å². The van der Waals surface area contributed by atoms with Crippen LogP contribution in [0.1, 0.15) is 49.1 Å². The molecule has 0 bridgehead atoms. The molecule has 2 aromatic rings. The summed E-state index contributed by atoms with van der Waals surface area (Å²) in [5.41, 5.74) is 4.10. The predicted octanol–water partition coefficient (Wildman–Crippen LogP) is 5.12. The summed E-state index contributed by atoms with van der Waals surface area (Å²) in [6, 6.07) is 22.0. The van der Waals surface area contributed by atoms with Crippen LogP contribution in [0.3, 0.4) is 0 Å². The highest BCUT2D eigenvalue weighted by molar-refractivity contribution is 5.32. The lowest BCUT2D eigenvalue weighted by atomic mass is 9.88. The fourth-order valence-corrected chi connectivity index (χ4v) is 5.20. The zero-order valence-electron chi connectivity index (χ0n) is 19.0. The molecule has 4 rings (SSSR count). The van der Waals surface area contributed by atoms with E-state index < -0.39 is 0 Å². The van der Waals surface area contributed by atoms with Gasteiger partial charge in [0.15, 0.2) is 0 Å². The van der Waals surface area contributed by atoms with Crippen molar-refractivity contribution in [2.24, 2.45) is 5.92 Å². The fraction of sp³-hybridized carbons (Fsp3) is 0.500. The zero-order valence-corrected chi connectivity index (χ0v) is 19.0. The van der Waals surface area contributed by atoms with Crippen LogP contribution in [0, 0.1) is 5.92 Å². The number of likely N-dealkylation sites (tertiary alicyclic amines) is 2. The van der Waals surface area contributed by atoms with Crippen LogP contribution in [0.2, 0.25) is 0 Å². The summed E-state index contributed by atoms with van der Waals surface area (Å²) < 4.78 is 0. The number of hydrogen-bond acceptors (Lipinski definition) is 3. The lowest BCUT2D eigenvalue weighted by Crippen LogP contribution is -2.38. The van der Waals surface area contributed by atoms with Crippen molar-refractivity contribution in [2.75, 3.05) is 45.8 Å². The molecular formula is C28H39N3. The van der Waals surface area contributed by atoms with Gasteiger partial charge >= 0.3 is 0 Å². The zero-order chi connectivity index (χ0) is 21.3. The molecule has 0 unspecified atom stereocenters. The third-order valence-corrected chi connectivity index (χ3v) is 7.13. The topological polar surface area (TPSA) is 18.5 Å². The third-order valence-electron chi connectivity index (χ3n) is 7.13. The maximum Gasteiger partial charge on any atom is 0.0217 e. The molecule has 3 heteroatoms. The smallest absolute Gasteiger partial charge is 0.0217 e. The molecule has 0 aromatic heterocycles. The van der Waals surface area contributed by atoms with Gasteiger partial charge in [0.25, 0.3) is 0 Å². The summed E-state index contributed by atoms with van der Waals surface area (Å²) >= 11 is 0. The van der Waals surface area contributed by atoms with Crippen LogP contribution in [0.25, 0.3) is 0 Å². The van der Waals surface area contributed by atoms with E-state index in [4.69, 9.17) is 0 Å². The Morgan fingerprint density at radius 2 is 1.42 bits per heavy atom. The highest BCUT2D eigenvalue weighted by atomic mass is 15.1. The Bertz CT molecular complexity index is 735. The van der Waals surface area contributed by atoms with Crippen LogP contribution in [0.15, 0.2) is 72.9 Å². The Kier molecular flexibility index (Phi) is 8.20. The van der Waals surface area contributed by atoms with Crippen LogP contribution >= 0.6 is 0 Å². The maximum absolute atomic E-state index is 4.39. The Labute approximate surface area is 189 Å². The second-order valence-electron chi connectivity index (χ2n) is 9.30. The minimum absolute atomic E-state index is 0.436. The van der Waals surface area contributed by atoms with Gasteiger partial charge in [-0.1, -0.05) is 67.2 Å². The van der Waals surface area contributed by atoms with Crippen LogP contribution < -0.4 is 5.32 Å². The molecule has 31 heavy (non-hydrogen) atoms. The molecule has 0 spiro atoms. The van der Waals surface area contributed by atoms with Gasteiger partial charge in [0.05, 0.1) is 0 Å². The van der Waals surface area contributed by atoms with E-state index in [1.54, 1.807) is 0 Å². The summed E-state index contributed by atoms with van der Waals surface area (Å²) in [7, 11) is 0. The number of nitrogens with one attached hydrogen (secondary N) is 1. The van der Waals surface area contributed by atoms with Crippen molar-refractivity contribution in [1.82, 2.24) is 15.1 Å². The molecule has 2 saturated heterocycles. The van der Waals surface area contributed by atoms with Gasteiger partial charge in [-0.15, -0.1) is 0 Å². The molecular weight excluding hydrogens is 378 g/mol. The lowest BCUT2D eigenvalue weighted by molar-refractivity contribution is 0.190. The minimum atomic E-state index is 0.436. The largest absolute Gasteiger partial charge is 0.389 e. The van der Waals surface area contributed by atoms with Crippen LogP contribution in [0.4, 0.5) is 0 Å². The van der Waals surface area contributed by atoms with Gasteiger partial charge < -0.3 is 15.1 Å². The molecule has 2 aliphatic rings. The van der Waals surface area contributed by atoms with Crippen molar-refractivity contribution in [1.29, 1.82) is 0 Å². The van der Waals surface area contributed by atoms with E-state index in [9.17, 15) is 0 Å². The third kappa shape index (κ3) is 6.44. The molecule has 0 amide bonds. The number of hydrogen-bond donors (Lipinski definition) is 1. The van der Waals surface area contributed by atoms with Gasteiger partial charge in [-0.25, -0.2) is 0 Å². The summed E-state index contributed by atoms with van der Waals surface area (Å²) in [5.74, 6) is 1.06. The summed E-state index contributed by atoms with van der Waals surface area (Å²) in [5, 5.41) is 3.64. The normalized spacial score (nSPS) is 18.5. The number of allylic oxidation sites excluding steroid dienone is 1. The summed E-state index contributed by atoms with van der Waals surface area (Å²) in [6.45, 7) is 12.7. The van der Waals surface area contributed by atoms with Crippen molar-refractivity contribution in [3.63, 3.8) is 0 Å². The van der Waals surface area contributed by atoms with Crippen molar-refractivity contribution >= 4 is 0 Å². The molecule has 0 atom stereocenters. The van der Waals surface area contributed by atoms with Crippen molar-refractivity contribution in [3.8, 4) is 0 Å². The van der Waals surface area contributed by atoms with Crippen molar-refractivity contribution < 1.29 is 0 Å². The first kappa shape index (κ1) is 22.1. The van der Waals surface area contributed by atoms with Gasteiger partial charge in [-0.2, -0.15) is 0 Å². The Balaban J connectivity index is 1.24.